The fourth-order valence-corrected chi connectivity index (χ4v) is 1.08. The second kappa shape index (κ2) is 3.97. The highest BCUT2D eigenvalue weighted by atomic mass is 16.1. The van der Waals surface area contributed by atoms with E-state index in [1.807, 2.05) is 6.07 Å². The normalized spacial score (nSPS) is 9.83. The Morgan fingerprint density at radius 1 is 1.58 bits per heavy atom. The molecule has 0 fully saturated rings. The third-order valence-corrected chi connectivity index (χ3v) is 1.66. The third kappa shape index (κ3) is 2.13. The number of nitrogens with zero attached hydrogens (tertiary/aromatic N) is 1. The fourth-order valence-electron chi connectivity index (χ4n) is 1.08. The van der Waals surface area contributed by atoms with Gasteiger partial charge in [0.2, 0.25) is 0 Å². The summed E-state index contributed by atoms with van der Waals surface area (Å²) in [7, 11) is 0. The molecule has 1 aromatic heterocycles. The van der Waals surface area contributed by atoms with Gasteiger partial charge in [-0.05, 0) is 24.1 Å². The van der Waals surface area contributed by atoms with E-state index in [1.165, 1.54) is 0 Å². The molecular formula is C9H12N2O. The predicted molar refractivity (Wildman–Crippen MR) is 46.5 cm³/mol. The summed E-state index contributed by atoms with van der Waals surface area (Å²) in [6.07, 6.45) is 3.84. The Labute approximate surface area is 71.6 Å². The van der Waals surface area contributed by atoms with Crippen LogP contribution >= 0.6 is 0 Å². The van der Waals surface area contributed by atoms with E-state index in [0.717, 1.165) is 11.1 Å². The van der Waals surface area contributed by atoms with Gasteiger partial charge in [0.25, 0.3) is 0 Å². The monoisotopic (exact) mass is 164 g/mol. The molecule has 0 aliphatic heterocycles. The SMILES string of the molecule is CC(=O)Cc1ccncc1CN. The van der Waals surface area contributed by atoms with Crippen LogP contribution in [0.2, 0.25) is 0 Å². The Morgan fingerprint density at radius 3 is 2.92 bits per heavy atom. The predicted octanol–water partition coefficient (Wildman–Crippen LogP) is 0.672. The van der Waals surface area contributed by atoms with Gasteiger partial charge >= 0.3 is 0 Å². The molecule has 0 saturated carbocycles. The standard InChI is InChI=1S/C9H12N2O/c1-7(12)4-8-2-3-11-6-9(8)5-10/h2-3,6H,4-5,10H2,1H3. The van der Waals surface area contributed by atoms with Crippen LogP contribution in [0.3, 0.4) is 0 Å². The highest BCUT2D eigenvalue weighted by Crippen LogP contribution is 2.06. The van der Waals surface area contributed by atoms with Crippen molar-refractivity contribution in [1.82, 2.24) is 4.98 Å². The van der Waals surface area contributed by atoms with Crippen LogP contribution < -0.4 is 5.73 Å². The van der Waals surface area contributed by atoms with E-state index in [9.17, 15) is 4.79 Å². The van der Waals surface area contributed by atoms with Crippen LogP contribution in [0.25, 0.3) is 0 Å². The number of nitrogens with two attached hydrogens (primary N) is 1. The summed E-state index contributed by atoms with van der Waals surface area (Å²) in [6, 6.07) is 1.84. The molecule has 0 bridgehead atoms. The molecule has 0 spiro atoms. The number of pyridine rings is 1. The first-order valence-corrected chi connectivity index (χ1v) is 3.85. The molecule has 0 aliphatic rings. The zero-order valence-electron chi connectivity index (χ0n) is 7.08. The van der Waals surface area contributed by atoms with E-state index in [1.54, 1.807) is 19.3 Å². The minimum Gasteiger partial charge on any atom is -0.326 e. The molecule has 64 valence electrons. The molecule has 2 N–H and O–H groups in total. The summed E-state index contributed by atoms with van der Waals surface area (Å²) in [4.78, 5) is 14.8. The molecule has 0 radical (unpaired) electrons. The maximum atomic E-state index is 10.8. The Balaban J connectivity index is 2.89. The first-order chi connectivity index (χ1) is 5.74. The minimum absolute atomic E-state index is 0.149. The van der Waals surface area contributed by atoms with E-state index in [2.05, 4.69) is 4.98 Å². The molecule has 1 aromatic rings. The van der Waals surface area contributed by atoms with Gasteiger partial charge in [-0.2, -0.15) is 0 Å². The molecule has 0 amide bonds. The summed E-state index contributed by atoms with van der Waals surface area (Å²) in [5.74, 6) is 0.149. The lowest BCUT2D eigenvalue weighted by Gasteiger charge is -2.03. The molecule has 1 heterocycles. The maximum absolute atomic E-state index is 10.8. The van der Waals surface area contributed by atoms with E-state index in [-0.39, 0.29) is 5.78 Å². The number of hydrogen-bond acceptors (Lipinski definition) is 3. The van der Waals surface area contributed by atoms with E-state index < -0.39 is 0 Å². The summed E-state index contributed by atoms with van der Waals surface area (Å²) in [5.41, 5.74) is 7.41. The van der Waals surface area contributed by atoms with E-state index >= 15 is 0 Å². The Bertz CT molecular complexity index is 284. The summed E-state index contributed by atoms with van der Waals surface area (Å²) in [6.45, 7) is 2.01. The smallest absolute Gasteiger partial charge is 0.134 e. The van der Waals surface area contributed by atoms with Gasteiger partial charge in [-0.1, -0.05) is 0 Å². The fraction of sp³-hybridized carbons (Fsp3) is 0.333. The van der Waals surface area contributed by atoms with Crippen LogP contribution in [0, 0.1) is 0 Å². The average molecular weight is 164 g/mol. The van der Waals surface area contributed by atoms with E-state index in [4.69, 9.17) is 5.73 Å². The Morgan fingerprint density at radius 2 is 2.33 bits per heavy atom. The second-order valence-electron chi connectivity index (χ2n) is 2.73. The largest absolute Gasteiger partial charge is 0.326 e. The van der Waals surface area contributed by atoms with Gasteiger partial charge < -0.3 is 5.73 Å². The van der Waals surface area contributed by atoms with Crippen LogP contribution in [0.15, 0.2) is 18.5 Å². The van der Waals surface area contributed by atoms with Gasteiger partial charge in [0.05, 0.1) is 0 Å². The van der Waals surface area contributed by atoms with Gasteiger partial charge in [-0.25, -0.2) is 0 Å². The maximum Gasteiger partial charge on any atom is 0.134 e. The van der Waals surface area contributed by atoms with Crippen molar-refractivity contribution in [3.63, 3.8) is 0 Å². The number of carbonyl (C=O) groups excluding carboxylic acids is 1. The number of carbonyl (C=O) groups is 1. The first-order valence-electron chi connectivity index (χ1n) is 3.85. The zero-order valence-corrected chi connectivity index (χ0v) is 7.08. The molecule has 12 heavy (non-hydrogen) atoms. The highest BCUT2D eigenvalue weighted by Gasteiger charge is 2.02. The molecule has 3 heteroatoms. The highest BCUT2D eigenvalue weighted by molar-refractivity contribution is 5.78. The number of rotatable bonds is 3. The summed E-state index contributed by atoms with van der Waals surface area (Å²) in [5, 5.41) is 0. The van der Waals surface area contributed by atoms with Crippen molar-refractivity contribution in [3.05, 3.63) is 29.6 Å². The quantitative estimate of drug-likeness (QED) is 0.714. The lowest BCUT2D eigenvalue weighted by molar-refractivity contribution is -0.116. The number of hydrogen-bond donors (Lipinski definition) is 1. The Hall–Kier alpha value is -1.22. The van der Waals surface area contributed by atoms with Gasteiger partial charge in [-0.3, -0.25) is 9.78 Å². The molecule has 0 aliphatic carbocycles. The Kier molecular flexibility index (Phi) is 2.94. The third-order valence-electron chi connectivity index (χ3n) is 1.66. The van der Waals surface area contributed by atoms with Gasteiger partial charge in [-0.15, -0.1) is 0 Å². The van der Waals surface area contributed by atoms with Crippen molar-refractivity contribution in [3.8, 4) is 0 Å². The van der Waals surface area contributed by atoms with Gasteiger partial charge in [0.1, 0.15) is 5.78 Å². The molecule has 0 aromatic carbocycles. The first kappa shape index (κ1) is 8.87. The number of Topliss-reactive ketones (excluding diaryl/α,β-unsaturated/α-hetero) is 1. The number of ketones is 1. The van der Waals surface area contributed by atoms with Crippen LogP contribution in [-0.2, 0) is 17.8 Å². The van der Waals surface area contributed by atoms with Crippen LogP contribution in [-0.4, -0.2) is 10.8 Å². The van der Waals surface area contributed by atoms with Gasteiger partial charge in [0, 0.05) is 25.4 Å². The topological polar surface area (TPSA) is 56.0 Å². The lowest BCUT2D eigenvalue weighted by Crippen LogP contribution is -2.05. The molecule has 0 atom stereocenters. The van der Waals surface area contributed by atoms with Crippen molar-refractivity contribution < 1.29 is 4.79 Å². The van der Waals surface area contributed by atoms with Crippen molar-refractivity contribution >= 4 is 5.78 Å². The molecule has 0 unspecified atom stereocenters. The van der Waals surface area contributed by atoms with Crippen molar-refractivity contribution in [1.29, 1.82) is 0 Å². The van der Waals surface area contributed by atoms with Crippen LogP contribution in [0.1, 0.15) is 18.1 Å². The zero-order chi connectivity index (χ0) is 8.97. The number of aromatic nitrogens is 1. The lowest BCUT2D eigenvalue weighted by atomic mass is 10.1. The average Bonchev–Trinajstić information content (AvgIpc) is 2.04. The van der Waals surface area contributed by atoms with E-state index in [0.29, 0.717) is 13.0 Å². The van der Waals surface area contributed by atoms with Crippen LogP contribution in [0.5, 0.6) is 0 Å². The second-order valence-corrected chi connectivity index (χ2v) is 2.73. The summed E-state index contributed by atoms with van der Waals surface area (Å²) < 4.78 is 0. The van der Waals surface area contributed by atoms with Crippen molar-refractivity contribution in [2.45, 2.75) is 19.9 Å². The van der Waals surface area contributed by atoms with Gasteiger partial charge in [0.15, 0.2) is 0 Å². The molecule has 1 rings (SSSR count). The molecule has 0 saturated heterocycles. The molecular weight excluding hydrogens is 152 g/mol. The van der Waals surface area contributed by atoms with Crippen molar-refractivity contribution in [2.24, 2.45) is 5.73 Å². The van der Waals surface area contributed by atoms with Crippen LogP contribution in [0.4, 0.5) is 0 Å². The minimum atomic E-state index is 0.149. The molecule has 3 nitrogen and oxygen atoms in total. The summed E-state index contributed by atoms with van der Waals surface area (Å²) >= 11 is 0. The van der Waals surface area contributed by atoms with Crippen molar-refractivity contribution in [2.75, 3.05) is 0 Å².